The molecule has 130 valence electrons. The summed E-state index contributed by atoms with van der Waals surface area (Å²) in [6.07, 6.45) is 3.37. The Morgan fingerprint density at radius 2 is 1.68 bits per heavy atom. The Labute approximate surface area is 149 Å². The lowest BCUT2D eigenvalue weighted by atomic mass is 9.79. The van der Waals surface area contributed by atoms with Crippen molar-refractivity contribution in [3.8, 4) is 0 Å². The number of anilines is 1. The van der Waals surface area contributed by atoms with Crippen LogP contribution in [0.2, 0.25) is 0 Å². The van der Waals surface area contributed by atoms with E-state index < -0.39 is 5.41 Å². The zero-order valence-corrected chi connectivity index (χ0v) is 15.0. The molecule has 2 aromatic rings. The minimum Gasteiger partial charge on any atom is -0.314 e. The molecule has 1 aliphatic heterocycles. The Bertz CT molecular complexity index is 769. The predicted molar refractivity (Wildman–Crippen MR) is 101 cm³/mol. The third-order valence-corrected chi connectivity index (χ3v) is 5.30. The summed E-state index contributed by atoms with van der Waals surface area (Å²) in [6, 6.07) is 18.1. The number of carbonyl (C=O) groups is 2. The molecule has 0 N–H and O–H groups in total. The van der Waals surface area contributed by atoms with Crippen molar-refractivity contribution >= 4 is 17.4 Å². The number of hydrogen-bond acceptors (Lipinski definition) is 2. The molecule has 1 heterocycles. The van der Waals surface area contributed by atoms with E-state index in [0.29, 0.717) is 19.3 Å². The van der Waals surface area contributed by atoms with Gasteiger partial charge in [-0.1, -0.05) is 48.5 Å². The van der Waals surface area contributed by atoms with E-state index >= 15 is 0 Å². The van der Waals surface area contributed by atoms with Crippen LogP contribution in [0.25, 0.3) is 0 Å². The predicted octanol–water partition coefficient (Wildman–Crippen LogP) is 4.29. The van der Waals surface area contributed by atoms with Crippen molar-refractivity contribution in [3.05, 3.63) is 65.7 Å². The average molecular weight is 335 g/mol. The van der Waals surface area contributed by atoms with Gasteiger partial charge in [0.1, 0.15) is 5.78 Å². The molecule has 2 aromatic carbocycles. The number of para-hydroxylation sites is 1. The number of benzene rings is 2. The minimum absolute atomic E-state index is 0.130. The van der Waals surface area contributed by atoms with Crippen molar-refractivity contribution < 1.29 is 9.59 Å². The van der Waals surface area contributed by atoms with Crippen LogP contribution in [0.4, 0.5) is 5.69 Å². The van der Waals surface area contributed by atoms with Crippen LogP contribution in [0.5, 0.6) is 0 Å². The SMILES string of the molecule is CN1C(=O)[C@](C)(CCCC(=O)CCc2ccccc2)c2ccccc21. The Balaban J connectivity index is 1.55. The number of hydrogen-bond donors (Lipinski definition) is 0. The van der Waals surface area contributed by atoms with E-state index in [4.69, 9.17) is 0 Å². The first-order valence-electron chi connectivity index (χ1n) is 8.95. The fraction of sp³-hybridized carbons (Fsp3) is 0.364. The van der Waals surface area contributed by atoms with Crippen molar-refractivity contribution in [1.29, 1.82) is 0 Å². The van der Waals surface area contributed by atoms with Crippen molar-refractivity contribution in [2.24, 2.45) is 0 Å². The molecule has 0 aliphatic carbocycles. The normalized spacial score (nSPS) is 19.1. The summed E-state index contributed by atoms with van der Waals surface area (Å²) in [4.78, 5) is 26.6. The lowest BCUT2D eigenvalue weighted by Crippen LogP contribution is -2.36. The molecule has 3 rings (SSSR count). The van der Waals surface area contributed by atoms with Gasteiger partial charge < -0.3 is 4.90 Å². The maximum absolute atomic E-state index is 12.7. The fourth-order valence-corrected chi connectivity index (χ4v) is 3.76. The minimum atomic E-state index is -0.509. The molecule has 0 aromatic heterocycles. The van der Waals surface area contributed by atoms with Gasteiger partial charge in [-0.2, -0.15) is 0 Å². The van der Waals surface area contributed by atoms with Gasteiger partial charge in [-0.3, -0.25) is 9.59 Å². The second-order valence-electron chi connectivity index (χ2n) is 7.09. The maximum Gasteiger partial charge on any atom is 0.237 e. The van der Waals surface area contributed by atoms with Crippen LogP contribution in [0, 0.1) is 0 Å². The van der Waals surface area contributed by atoms with Crippen molar-refractivity contribution in [2.45, 2.75) is 44.4 Å². The molecule has 0 fully saturated rings. The largest absolute Gasteiger partial charge is 0.314 e. The van der Waals surface area contributed by atoms with E-state index in [1.807, 2.05) is 56.4 Å². The monoisotopic (exact) mass is 335 g/mol. The molecule has 3 heteroatoms. The second-order valence-corrected chi connectivity index (χ2v) is 7.09. The van der Waals surface area contributed by atoms with E-state index in [-0.39, 0.29) is 11.7 Å². The third-order valence-electron chi connectivity index (χ3n) is 5.30. The van der Waals surface area contributed by atoms with Gasteiger partial charge in [-0.15, -0.1) is 0 Å². The van der Waals surface area contributed by atoms with Gasteiger partial charge >= 0.3 is 0 Å². The van der Waals surface area contributed by atoms with Crippen LogP contribution < -0.4 is 4.90 Å². The van der Waals surface area contributed by atoms with Gasteiger partial charge in [0.05, 0.1) is 5.41 Å². The summed E-state index contributed by atoms with van der Waals surface area (Å²) >= 11 is 0. The van der Waals surface area contributed by atoms with Crippen LogP contribution in [-0.2, 0) is 21.4 Å². The molecule has 0 saturated carbocycles. The molecule has 0 spiro atoms. The Morgan fingerprint density at radius 3 is 2.44 bits per heavy atom. The van der Waals surface area contributed by atoms with Crippen LogP contribution in [0.1, 0.15) is 43.7 Å². The number of rotatable bonds is 7. The van der Waals surface area contributed by atoms with E-state index in [1.165, 1.54) is 5.56 Å². The number of carbonyl (C=O) groups excluding carboxylic acids is 2. The lowest BCUT2D eigenvalue weighted by Gasteiger charge is -2.23. The number of aryl methyl sites for hydroxylation is 1. The summed E-state index contributed by atoms with van der Waals surface area (Å²) in [5.74, 6) is 0.407. The van der Waals surface area contributed by atoms with E-state index in [2.05, 4.69) is 12.1 Å². The summed E-state index contributed by atoms with van der Waals surface area (Å²) < 4.78 is 0. The van der Waals surface area contributed by atoms with E-state index in [0.717, 1.165) is 24.1 Å². The average Bonchev–Trinajstić information content (AvgIpc) is 2.83. The molecule has 1 atom stereocenters. The number of likely N-dealkylation sites (N-methyl/N-ethyl adjacent to an activating group) is 1. The smallest absolute Gasteiger partial charge is 0.237 e. The zero-order valence-electron chi connectivity index (χ0n) is 15.0. The maximum atomic E-state index is 12.7. The number of fused-ring (bicyclic) bond motifs is 1. The van der Waals surface area contributed by atoms with Gasteiger partial charge in [-0.05, 0) is 43.4 Å². The van der Waals surface area contributed by atoms with Crippen molar-refractivity contribution in [1.82, 2.24) is 0 Å². The van der Waals surface area contributed by atoms with Gasteiger partial charge in [-0.25, -0.2) is 0 Å². The molecule has 0 saturated heterocycles. The Hall–Kier alpha value is -2.42. The number of ketones is 1. The van der Waals surface area contributed by atoms with Gasteiger partial charge in [0.25, 0.3) is 0 Å². The third kappa shape index (κ3) is 3.51. The summed E-state index contributed by atoms with van der Waals surface area (Å²) in [6.45, 7) is 2.01. The highest BCUT2D eigenvalue weighted by Crippen LogP contribution is 2.43. The molecule has 1 aliphatic rings. The highest BCUT2D eigenvalue weighted by molar-refractivity contribution is 6.07. The highest BCUT2D eigenvalue weighted by Gasteiger charge is 2.45. The molecule has 0 bridgehead atoms. The van der Waals surface area contributed by atoms with Crippen LogP contribution in [-0.4, -0.2) is 18.7 Å². The lowest BCUT2D eigenvalue weighted by molar-refractivity contribution is -0.123. The first kappa shape index (κ1) is 17.4. The van der Waals surface area contributed by atoms with Crippen LogP contribution >= 0.6 is 0 Å². The number of nitrogens with zero attached hydrogens (tertiary/aromatic N) is 1. The first-order valence-corrected chi connectivity index (χ1v) is 8.95. The quantitative estimate of drug-likeness (QED) is 0.757. The molecule has 0 radical (unpaired) electrons. The van der Waals surface area contributed by atoms with E-state index in [9.17, 15) is 9.59 Å². The van der Waals surface area contributed by atoms with Crippen LogP contribution in [0.15, 0.2) is 54.6 Å². The van der Waals surface area contributed by atoms with Crippen molar-refractivity contribution in [3.63, 3.8) is 0 Å². The van der Waals surface area contributed by atoms with Gasteiger partial charge in [0.2, 0.25) is 5.91 Å². The van der Waals surface area contributed by atoms with Crippen LogP contribution in [0.3, 0.4) is 0 Å². The van der Waals surface area contributed by atoms with Crippen molar-refractivity contribution in [2.75, 3.05) is 11.9 Å². The molecular weight excluding hydrogens is 310 g/mol. The second kappa shape index (κ2) is 7.22. The number of Topliss-reactive ketones (excluding diaryl/α,β-unsaturated/α-hetero) is 1. The summed E-state index contributed by atoms with van der Waals surface area (Å²) in [5.41, 5.74) is 2.76. The molecule has 3 nitrogen and oxygen atoms in total. The Kier molecular flexibility index (Phi) is 5.03. The first-order chi connectivity index (χ1) is 12.0. The fourth-order valence-electron chi connectivity index (χ4n) is 3.76. The number of amides is 1. The standard InChI is InChI=1S/C22H25NO2/c1-22(19-12-6-7-13-20(19)23(2)21(22)25)16-8-11-18(24)15-14-17-9-4-3-5-10-17/h3-7,9-10,12-13H,8,11,14-16H2,1-2H3/t22-/m1/s1. The zero-order chi connectivity index (χ0) is 17.9. The molecule has 0 unspecified atom stereocenters. The van der Waals surface area contributed by atoms with Gasteiger partial charge in [0, 0.05) is 25.6 Å². The molecule has 1 amide bonds. The molecular formula is C22H25NO2. The Morgan fingerprint density at radius 1 is 1.00 bits per heavy atom. The highest BCUT2D eigenvalue weighted by atomic mass is 16.2. The molecule has 25 heavy (non-hydrogen) atoms. The van der Waals surface area contributed by atoms with E-state index in [1.54, 1.807) is 4.90 Å². The summed E-state index contributed by atoms with van der Waals surface area (Å²) in [7, 11) is 1.83. The van der Waals surface area contributed by atoms with Gasteiger partial charge in [0.15, 0.2) is 0 Å². The summed E-state index contributed by atoms with van der Waals surface area (Å²) in [5, 5.41) is 0. The topological polar surface area (TPSA) is 37.4 Å².